The predicted octanol–water partition coefficient (Wildman–Crippen LogP) is 8.66. The number of benzene rings is 3. The number of methoxy groups -OCH3 is 1. The van der Waals surface area contributed by atoms with Crippen molar-refractivity contribution in [2.75, 3.05) is 56.8 Å². The fourth-order valence-corrected chi connectivity index (χ4v) is 10.3. The van der Waals surface area contributed by atoms with Gasteiger partial charge in [-0.05, 0) is 54.8 Å². The summed E-state index contributed by atoms with van der Waals surface area (Å²) in [6.45, 7) is 17.4. The van der Waals surface area contributed by atoms with Crippen molar-refractivity contribution in [1.29, 1.82) is 0 Å². The van der Waals surface area contributed by atoms with Gasteiger partial charge in [0.05, 0.1) is 42.8 Å². The van der Waals surface area contributed by atoms with Crippen LogP contribution in [0, 0.1) is 13.8 Å². The maximum Gasteiger partial charge on any atom is 0.534 e. The van der Waals surface area contributed by atoms with Crippen molar-refractivity contribution in [3.05, 3.63) is 94.5 Å². The minimum absolute atomic E-state index is 0.00457. The molecule has 3 aromatic rings. The monoisotopic (exact) mass is 1040 g/mol. The van der Waals surface area contributed by atoms with Crippen LogP contribution in [0.25, 0.3) is 5.57 Å². The standard InChI is InChI=1S/C49H61F3N4O12SSi2/c1-31-11-13-33(14-12-31)34-22-40-47(59)56(30-65-18-20-71(7,8)9)39-26-44(43(63-3)24-37(39)46(58)53(40)27-34)67-16-10-15-66-42-25-38-36(21-32(42)2)45(57)54-28-35(68-69(61,62)49(50,51)52)23-41(54)48(60)55(38)29-64-17-19-70(4,5)6/h11-14,21,24-28,40-41H,10,15-20,22-23,29-30H2,1-9H3/t40-,41-/m0/s1. The van der Waals surface area contributed by atoms with Gasteiger partial charge in [0.2, 0.25) is 0 Å². The maximum absolute atomic E-state index is 14.5. The molecule has 4 amide bonds. The molecule has 0 N–H and O–H groups in total. The second kappa shape index (κ2) is 20.8. The van der Waals surface area contributed by atoms with E-state index in [0.717, 1.165) is 39.9 Å². The third-order valence-corrected chi connectivity index (χ3v) is 16.8. The average molecular weight is 1040 g/mol. The number of carbonyl (C=O) groups excluding carboxylic acids is 4. The third kappa shape index (κ3) is 12.0. The summed E-state index contributed by atoms with van der Waals surface area (Å²) in [4.78, 5) is 62.2. The van der Waals surface area contributed by atoms with Crippen LogP contribution in [0.15, 0.2) is 66.7 Å². The fraction of sp³-hybridized carbons (Fsp3) is 0.469. The first-order chi connectivity index (χ1) is 33.3. The highest BCUT2D eigenvalue weighted by atomic mass is 32.2. The van der Waals surface area contributed by atoms with Crippen LogP contribution in [0.3, 0.4) is 0 Å². The number of nitrogens with zero attached hydrogens (tertiary/aromatic N) is 4. The van der Waals surface area contributed by atoms with Gasteiger partial charge >= 0.3 is 15.6 Å². The highest BCUT2D eigenvalue weighted by Gasteiger charge is 2.51. The van der Waals surface area contributed by atoms with Crippen LogP contribution < -0.4 is 24.0 Å². The third-order valence-electron chi connectivity index (χ3n) is 12.4. The van der Waals surface area contributed by atoms with E-state index in [9.17, 15) is 40.8 Å². The molecule has 0 saturated heterocycles. The van der Waals surface area contributed by atoms with Crippen molar-refractivity contribution in [3.63, 3.8) is 0 Å². The van der Waals surface area contributed by atoms with Crippen molar-refractivity contribution < 1.29 is 68.6 Å². The Kier molecular flexibility index (Phi) is 15.6. The lowest BCUT2D eigenvalue weighted by Crippen LogP contribution is -2.45. The number of fused-ring (bicyclic) bond motifs is 4. The number of ether oxygens (including phenoxy) is 5. The number of halogens is 3. The molecular weight excluding hydrogens is 982 g/mol. The summed E-state index contributed by atoms with van der Waals surface area (Å²) in [6, 6.07) is 13.6. The Labute approximate surface area is 414 Å². The number of hydrogen-bond acceptors (Lipinski definition) is 12. The molecule has 16 nitrogen and oxygen atoms in total. The molecule has 384 valence electrons. The number of carbonyl (C=O) groups is 4. The largest absolute Gasteiger partial charge is 0.534 e. The van der Waals surface area contributed by atoms with Crippen LogP contribution in [-0.2, 0) is 33.4 Å². The smallest absolute Gasteiger partial charge is 0.493 e. The quantitative estimate of drug-likeness (QED) is 0.0458. The molecular formula is C49H61F3N4O12SSi2. The Bertz CT molecular complexity index is 2740. The van der Waals surface area contributed by atoms with Crippen molar-refractivity contribution in [2.24, 2.45) is 0 Å². The van der Waals surface area contributed by atoms with Gasteiger partial charge in [0.25, 0.3) is 23.6 Å². The lowest BCUT2D eigenvalue weighted by atomic mass is 10.0. The van der Waals surface area contributed by atoms with E-state index in [2.05, 4.69) is 43.5 Å². The van der Waals surface area contributed by atoms with Gasteiger partial charge < -0.3 is 32.8 Å². The van der Waals surface area contributed by atoms with Crippen LogP contribution in [0.4, 0.5) is 24.5 Å². The molecule has 4 heterocycles. The number of anilines is 2. The maximum atomic E-state index is 14.5. The number of rotatable bonds is 20. The zero-order valence-corrected chi connectivity index (χ0v) is 44.3. The molecule has 4 aliphatic rings. The lowest BCUT2D eigenvalue weighted by Gasteiger charge is -2.27. The lowest BCUT2D eigenvalue weighted by molar-refractivity contribution is -0.123. The Morgan fingerprint density at radius 1 is 0.662 bits per heavy atom. The van der Waals surface area contributed by atoms with Crippen LogP contribution in [0.2, 0.25) is 51.4 Å². The topological polar surface area (TPSA) is 171 Å². The first kappa shape index (κ1) is 53.1. The number of hydrogen-bond donors (Lipinski definition) is 0. The summed E-state index contributed by atoms with van der Waals surface area (Å²) >= 11 is 0. The van der Waals surface area contributed by atoms with Crippen LogP contribution >= 0.6 is 0 Å². The first-order valence-electron chi connectivity index (χ1n) is 23.3. The number of alkyl halides is 3. The Morgan fingerprint density at radius 2 is 1.17 bits per heavy atom. The van der Waals surface area contributed by atoms with E-state index in [1.807, 2.05) is 31.2 Å². The Hall–Kier alpha value is -5.69. The molecule has 0 fully saturated rings. The van der Waals surface area contributed by atoms with Crippen molar-refractivity contribution in [1.82, 2.24) is 9.80 Å². The SMILES string of the molecule is COc1cc2c(cc1OCCCOc1cc3c(cc1C)C(=O)N1C=C(OS(=O)(=O)C(F)(F)F)C[C@H]1C(=O)N3COCC[Si](C)(C)C)N(COCC[Si](C)(C)C)C(=O)[C@@H]1CC(c3ccc(C)cc3)=CN1C2=O. The molecule has 0 bridgehead atoms. The van der Waals surface area contributed by atoms with Gasteiger partial charge in [0.15, 0.2) is 11.5 Å². The molecule has 4 aliphatic heterocycles. The minimum atomic E-state index is -6.07. The zero-order chi connectivity index (χ0) is 51.8. The molecule has 0 spiro atoms. The second-order valence-electron chi connectivity index (χ2n) is 20.4. The van der Waals surface area contributed by atoms with Gasteiger partial charge in [-0.1, -0.05) is 69.1 Å². The highest BCUT2D eigenvalue weighted by molar-refractivity contribution is 7.87. The van der Waals surface area contributed by atoms with Crippen molar-refractivity contribution >= 4 is 66.8 Å². The summed E-state index contributed by atoms with van der Waals surface area (Å²) < 4.78 is 98.0. The van der Waals surface area contributed by atoms with Crippen LogP contribution in [-0.4, -0.2) is 123 Å². The average Bonchev–Trinajstić information content (AvgIpc) is 3.90. The van der Waals surface area contributed by atoms with E-state index in [-0.39, 0.29) is 66.8 Å². The van der Waals surface area contributed by atoms with E-state index in [1.54, 1.807) is 25.3 Å². The zero-order valence-electron chi connectivity index (χ0n) is 41.4. The molecule has 0 saturated carbocycles. The molecule has 71 heavy (non-hydrogen) atoms. The summed E-state index contributed by atoms with van der Waals surface area (Å²) in [6.07, 6.45) is 2.57. The van der Waals surface area contributed by atoms with Gasteiger partial charge in [-0.3, -0.25) is 33.9 Å². The summed E-state index contributed by atoms with van der Waals surface area (Å²) in [5.41, 5.74) is -1.65. The van der Waals surface area contributed by atoms with E-state index in [1.165, 1.54) is 33.9 Å². The summed E-state index contributed by atoms with van der Waals surface area (Å²) in [5, 5.41) is 0. The molecule has 0 aromatic heterocycles. The number of amides is 4. The van der Waals surface area contributed by atoms with Gasteiger partial charge in [0.1, 0.15) is 37.1 Å². The highest BCUT2D eigenvalue weighted by Crippen LogP contribution is 2.43. The minimum Gasteiger partial charge on any atom is -0.493 e. The van der Waals surface area contributed by atoms with Gasteiger partial charge in [-0.2, -0.15) is 21.6 Å². The summed E-state index contributed by atoms with van der Waals surface area (Å²) in [5.74, 6) is -2.02. The summed E-state index contributed by atoms with van der Waals surface area (Å²) in [7, 11) is -7.65. The Balaban J connectivity index is 1.10. The van der Waals surface area contributed by atoms with E-state index >= 15 is 0 Å². The molecule has 7 rings (SSSR count). The molecule has 0 aliphatic carbocycles. The first-order valence-corrected chi connectivity index (χ1v) is 32.1. The fourth-order valence-electron chi connectivity index (χ4n) is 8.30. The molecule has 22 heteroatoms. The Morgan fingerprint density at radius 3 is 1.70 bits per heavy atom. The van der Waals surface area contributed by atoms with E-state index in [4.69, 9.17) is 23.7 Å². The van der Waals surface area contributed by atoms with Gasteiger partial charge in [0, 0.05) is 73.2 Å². The number of aryl methyl sites for hydroxylation is 2. The van der Waals surface area contributed by atoms with E-state index in [0.29, 0.717) is 43.1 Å². The normalized spacial score (nSPS) is 18.4. The second-order valence-corrected chi connectivity index (χ2v) is 33.2. The van der Waals surface area contributed by atoms with Crippen LogP contribution in [0.5, 0.6) is 17.2 Å². The predicted molar refractivity (Wildman–Crippen MR) is 265 cm³/mol. The molecule has 2 atom stereocenters. The molecule has 3 aromatic carbocycles. The molecule has 0 radical (unpaired) electrons. The molecule has 0 unspecified atom stereocenters. The van der Waals surface area contributed by atoms with Crippen molar-refractivity contribution in [2.45, 2.75) is 102 Å². The van der Waals surface area contributed by atoms with Crippen molar-refractivity contribution in [3.8, 4) is 17.2 Å². The van der Waals surface area contributed by atoms with Gasteiger partial charge in [-0.15, -0.1) is 0 Å². The van der Waals surface area contributed by atoms with Gasteiger partial charge in [-0.25, -0.2) is 0 Å². The van der Waals surface area contributed by atoms with Crippen LogP contribution in [0.1, 0.15) is 56.7 Å². The van der Waals surface area contributed by atoms with E-state index < -0.39 is 67.9 Å².